The van der Waals surface area contributed by atoms with Crippen LogP contribution in [-0.4, -0.2) is 27.7 Å². The van der Waals surface area contributed by atoms with Gasteiger partial charge in [0.05, 0.1) is 29.6 Å². The van der Waals surface area contributed by atoms with Crippen molar-refractivity contribution in [2.24, 2.45) is 0 Å². The second-order valence-corrected chi connectivity index (χ2v) is 10.7. The lowest BCUT2D eigenvalue weighted by atomic mass is 9.96. The Morgan fingerprint density at radius 2 is 1.69 bits per heavy atom. The van der Waals surface area contributed by atoms with Crippen molar-refractivity contribution in [1.29, 1.82) is 5.26 Å². The maximum atomic E-state index is 14.0. The van der Waals surface area contributed by atoms with E-state index in [1.807, 2.05) is 55.5 Å². The van der Waals surface area contributed by atoms with E-state index in [2.05, 4.69) is 13.0 Å². The highest BCUT2D eigenvalue weighted by atomic mass is 16.6. The molecule has 3 aromatic carbocycles. The lowest BCUT2D eigenvalue weighted by molar-refractivity contribution is -0.158. The molecule has 0 amide bonds. The highest BCUT2D eigenvalue weighted by molar-refractivity contribution is 5.79. The minimum Gasteiger partial charge on any atom is -0.476 e. The Balaban J connectivity index is 1.66. The standard InChI is InChI=1S/C35H37N3O4/c1-6-8-13-32-31(22-25-14-16-26(17-15-25)30-12-10-9-11-27(30)23-36)33(39)38(24(3)37-32)28-18-20-29(21-19-28)42-35(4,5)34(40)41-7-2/h9-12,14-21H,6-8,13,22H2,1-5H3. The number of hydrogen-bond acceptors (Lipinski definition) is 6. The molecule has 0 saturated heterocycles. The summed E-state index contributed by atoms with van der Waals surface area (Å²) in [5.74, 6) is 0.659. The molecule has 1 heterocycles. The molecule has 216 valence electrons. The molecule has 0 aliphatic carbocycles. The molecule has 42 heavy (non-hydrogen) atoms. The molecule has 7 nitrogen and oxygen atoms in total. The van der Waals surface area contributed by atoms with Crippen molar-refractivity contribution >= 4 is 5.97 Å². The summed E-state index contributed by atoms with van der Waals surface area (Å²) in [6.45, 7) is 9.31. The van der Waals surface area contributed by atoms with Gasteiger partial charge in [0.25, 0.3) is 5.56 Å². The number of esters is 1. The molecule has 0 unspecified atom stereocenters. The number of ether oxygens (including phenoxy) is 2. The Morgan fingerprint density at radius 3 is 2.33 bits per heavy atom. The first kappa shape index (κ1) is 30.3. The summed E-state index contributed by atoms with van der Waals surface area (Å²) in [4.78, 5) is 31.2. The second kappa shape index (κ2) is 13.3. The van der Waals surface area contributed by atoms with Gasteiger partial charge in [0, 0.05) is 12.0 Å². The van der Waals surface area contributed by atoms with E-state index in [9.17, 15) is 14.9 Å². The second-order valence-electron chi connectivity index (χ2n) is 10.7. The zero-order valence-electron chi connectivity index (χ0n) is 24.9. The quantitative estimate of drug-likeness (QED) is 0.188. The third-order valence-corrected chi connectivity index (χ3v) is 7.13. The molecule has 0 aliphatic heterocycles. The largest absolute Gasteiger partial charge is 0.476 e. The van der Waals surface area contributed by atoms with Crippen LogP contribution >= 0.6 is 0 Å². The highest BCUT2D eigenvalue weighted by Crippen LogP contribution is 2.25. The summed E-state index contributed by atoms with van der Waals surface area (Å²) in [7, 11) is 0. The molecule has 0 N–H and O–H groups in total. The molecule has 0 saturated carbocycles. The van der Waals surface area contributed by atoms with E-state index >= 15 is 0 Å². The van der Waals surface area contributed by atoms with E-state index in [0.717, 1.165) is 41.6 Å². The third kappa shape index (κ3) is 6.77. The zero-order chi connectivity index (χ0) is 30.3. The monoisotopic (exact) mass is 563 g/mol. The van der Waals surface area contributed by atoms with Crippen molar-refractivity contribution in [1.82, 2.24) is 9.55 Å². The number of nitriles is 1. The number of carbonyl (C=O) groups excluding carboxylic acids is 1. The molecule has 7 heteroatoms. The summed E-state index contributed by atoms with van der Waals surface area (Å²) in [5, 5.41) is 9.49. The van der Waals surface area contributed by atoms with Crippen LogP contribution in [0.15, 0.2) is 77.6 Å². The molecular formula is C35H37N3O4. The van der Waals surface area contributed by atoms with Gasteiger partial charge in [0.15, 0.2) is 5.60 Å². The zero-order valence-corrected chi connectivity index (χ0v) is 24.9. The summed E-state index contributed by atoms with van der Waals surface area (Å²) in [6.07, 6.45) is 3.11. The predicted octanol–water partition coefficient (Wildman–Crippen LogP) is 6.73. The maximum Gasteiger partial charge on any atom is 0.349 e. The number of hydrogen-bond donors (Lipinski definition) is 0. The van der Waals surface area contributed by atoms with Crippen LogP contribution in [0.25, 0.3) is 16.8 Å². The topological polar surface area (TPSA) is 94.2 Å². The summed E-state index contributed by atoms with van der Waals surface area (Å²) in [6, 6.07) is 24.9. The third-order valence-electron chi connectivity index (χ3n) is 7.13. The molecular weight excluding hydrogens is 526 g/mol. The van der Waals surface area contributed by atoms with Gasteiger partial charge in [-0.1, -0.05) is 55.8 Å². The first-order valence-corrected chi connectivity index (χ1v) is 14.3. The van der Waals surface area contributed by atoms with Crippen LogP contribution in [-0.2, 0) is 22.4 Å². The Kier molecular flexibility index (Phi) is 9.59. The van der Waals surface area contributed by atoms with Gasteiger partial charge >= 0.3 is 5.97 Å². The fourth-order valence-electron chi connectivity index (χ4n) is 4.89. The van der Waals surface area contributed by atoms with Gasteiger partial charge in [0.1, 0.15) is 11.6 Å². The van der Waals surface area contributed by atoms with E-state index in [1.165, 1.54) is 0 Å². The SMILES string of the molecule is CCCCc1nc(C)n(-c2ccc(OC(C)(C)C(=O)OCC)cc2)c(=O)c1Cc1ccc(-c2ccccc2C#N)cc1. The predicted molar refractivity (Wildman–Crippen MR) is 164 cm³/mol. The van der Waals surface area contributed by atoms with Crippen LogP contribution < -0.4 is 10.3 Å². The van der Waals surface area contributed by atoms with Crippen molar-refractivity contribution < 1.29 is 14.3 Å². The van der Waals surface area contributed by atoms with Gasteiger partial charge in [-0.05, 0) is 87.6 Å². The summed E-state index contributed by atoms with van der Waals surface area (Å²) >= 11 is 0. The summed E-state index contributed by atoms with van der Waals surface area (Å²) in [5.41, 5.74) is 4.36. The van der Waals surface area contributed by atoms with Crippen molar-refractivity contribution in [2.75, 3.05) is 6.61 Å². The number of unbranched alkanes of at least 4 members (excludes halogenated alkanes) is 1. The fourth-order valence-corrected chi connectivity index (χ4v) is 4.89. The minimum atomic E-state index is -1.15. The molecule has 0 bridgehead atoms. The van der Waals surface area contributed by atoms with Crippen LogP contribution in [0.4, 0.5) is 0 Å². The molecule has 4 aromatic rings. The average molecular weight is 564 g/mol. The lowest BCUT2D eigenvalue weighted by Crippen LogP contribution is -2.39. The van der Waals surface area contributed by atoms with E-state index in [0.29, 0.717) is 34.8 Å². The first-order valence-electron chi connectivity index (χ1n) is 14.3. The smallest absolute Gasteiger partial charge is 0.349 e. The Labute approximate surface area is 247 Å². The van der Waals surface area contributed by atoms with Crippen LogP contribution in [0.1, 0.15) is 68.7 Å². The molecule has 0 spiro atoms. The molecule has 4 rings (SSSR count). The highest BCUT2D eigenvalue weighted by Gasteiger charge is 2.31. The van der Waals surface area contributed by atoms with Crippen LogP contribution in [0.3, 0.4) is 0 Å². The molecule has 0 radical (unpaired) electrons. The molecule has 0 atom stereocenters. The first-order chi connectivity index (χ1) is 20.2. The van der Waals surface area contributed by atoms with Crippen molar-refractivity contribution in [3.05, 3.63) is 111 Å². The van der Waals surface area contributed by atoms with E-state index < -0.39 is 11.6 Å². The van der Waals surface area contributed by atoms with Gasteiger partial charge in [0.2, 0.25) is 0 Å². The van der Waals surface area contributed by atoms with Gasteiger partial charge in [-0.15, -0.1) is 0 Å². The van der Waals surface area contributed by atoms with E-state index in [-0.39, 0.29) is 12.2 Å². The number of aryl methyl sites for hydroxylation is 2. The molecule has 0 fully saturated rings. The van der Waals surface area contributed by atoms with Crippen LogP contribution in [0.5, 0.6) is 5.75 Å². The molecule has 1 aromatic heterocycles. The Morgan fingerprint density at radius 1 is 1.00 bits per heavy atom. The van der Waals surface area contributed by atoms with E-state index in [1.54, 1.807) is 49.6 Å². The van der Waals surface area contributed by atoms with Gasteiger partial charge < -0.3 is 9.47 Å². The van der Waals surface area contributed by atoms with Crippen LogP contribution in [0.2, 0.25) is 0 Å². The Bertz CT molecular complexity index is 1650. The maximum absolute atomic E-state index is 14.0. The number of benzene rings is 3. The van der Waals surface area contributed by atoms with Crippen molar-refractivity contribution in [3.63, 3.8) is 0 Å². The van der Waals surface area contributed by atoms with Crippen molar-refractivity contribution in [2.45, 2.75) is 65.9 Å². The van der Waals surface area contributed by atoms with Crippen LogP contribution in [0, 0.1) is 18.3 Å². The number of nitrogens with zero attached hydrogens (tertiary/aromatic N) is 3. The number of rotatable bonds is 11. The van der Waals surface area contributed by atoms with Gasteiger partial charge in [-0.25, -0.2) is 9.78 Å². The van der Waals surface area contributed by atoms with Gasteiger partial charge in [-0.3, -0.25) is 9.36 Å². The average Bonchev–Trinajstić information content (AvgIpc) is 2.99. The number of aromatic nitrogens is 2. The lowest BCUT2D eigenvalue weighted by Gasteiger charge is -2.24. The molecule has 0 aliphatic rings. The summed E-state index contributed by atoms with van der Waals surface area (Å²) < 4.78 is 12.6. The van der Waals surface area contributed by atoms with E-state index in [4.69, 9.17) is 14.5 Å². The Hall–Kier alpha value is -4.70. The fraction of sp³-hybridized carbons (Fsp3) is 0.314. The normalized spacial score (nSPS) is 11.1. The van der Waals surface area contributed by atoms with Crippen molar-refractivity contribution in [3.8, 4) is 28.6 Å². The van der Waals surface area contributed by atoms with Gasteiger partial charge in [-0.2, -0.15) is 5.26 Å². The number of carbonyl (C=O) groups is 1. The minimum absolute atomic E-state index is 0.104.